The summed E-state index contributed by atoms with van der Waals surface area (Å²) in [6, 6.07) is 58.6. The van der Waals surface area contributed by atoms with Gasteiger partial charge in [0.15, 0.2) is 0 Å². The van der Waals surface area contributed by atoms with Crippen molar-refractivity contribution < 1.29 is 76.6 Å². The van der Waals surface area contributed by atoms with E-state index in [9.17, 15) is 62.4 Å². The van der Waals surface area contributed by atoms with Crippen LogP contribution in [0.25, 0.3) is 45.0 Å². The molecule has 5 N–H and O–H groups in total. The van der Waals surface area contributed by atoms with E-state index >= 15 is 0 Å². The number of benzene rings is 7. The van der Waals surface area contributed by atoms with Gasteiger partial charge in [-0.05, 0) is 236 Å². The normalized spacial score (nSPS) is 19.4. The Bertz CT molecular complexity index is 6260. The fraction of sp³-hybridized carbons (Fsp3) is 0.416. The summed E-state index contributed by atoms with van der Waals surface area (Å²) in [6.07, 6.45) is 19.8. The Labute approximate surface area is 794 Å². The molecule has 6 heterocycles. The second-order valence-electron chi connectivity index (χ2n) is 36.1. The summed E-state index contributed by atoms with van der Waals surface area (Å²) in [7, 11) is 5.41. The number of nitrogens with zero attached hydrogens (tertiary/aromatic N) is 17. The largest absolute Gasteiger partial charge is 0.490 e. The Morgan fingerprint density at radius 1 is 0.387 bits per heavy atom. The average molecular weight is 1890 g/mol. The Balaban J connectivity index is 0.000000139. The fourth-order valence-corrected chi connectivity index (χ4v) is 19.8. The van der Waals surface area contributed by atoms with Crippen molar-refractivity contribution in [3.63, 3.8) is 0 Å². The number of aryl methyl sites for hydroxylation is 4. The number of hydrogen-bond acceptors (Lipinski definition) is 21. The van der Waals surface area contributed by atoms with Crippen molar-refractivity contribution in [1.29, 1.82) is 0 Å². The predicted molar refractivity (Wildman–Crippen MR) is 507 cm³/mol. The van der Waals surface area contributed by atoms with E-state index in [1.165, 1.54) is 25.0 Å². The van der Waals surface area contributed by atoms with E-state index in [1.807, 2.05) is 201 Å². The molecule has 36 heteroatoms. The number of urea groups is 1. The van der Waals surface area contributed by atoms with Gasteiger partial charge in [0.2, 0.25) is 15.9 Å². The van der Waals surface area contributed by atoms with Crippen molar-refractivity contribution in [2.24, 2.45) is 51.9 Å². The highest BCUT2D eigenvalue weighted by atomic mass is 32.2. The molecule has 5 aromatic heterocycles. The van der Waals surface area contributed by atoms with Crippen LogP contribution in [0, 0.1) is 23.7 Å². The number of carbonyl (C=O) groups excluding carboxylic acids is 2. The fourth-order valence-electron chi connectivity index (χ4n) is 18.8. The zero-order valence-corrected chi connectivity index (χ0v) is 78.5. The number of rotatable bonds is 31. The lowest BCUT2D eigenvalue weighted by molar-refractivity contribution is -0.144. The third kappa shape index (κ3) is 25.3. The molecule has 1 saturated heterocycles. The van der Waals surface area contributed by atoms with E-state index in [0.29, 0.717) is 136 Å². The average Bonchev–Trinajstić information content (AvgIpc) is 1.67. The van der Waals surface area contributed by atoms with Crippen molar-refractivity contribution >= 4 is 45.8 Å². The van der Waals surface area contributed by atoms with Crippen molar-refractivity contribution in [3.8, 4) is 68.0 Å². The summed E-state index contributed by atoms with van der Waals surface area (Å²) in [5.41, 5.74) is 11.3. The van der Waals surface area contributed by atoms with E-state index in [2.05, 4.69) is 46.0 Å². The molecule has 6 fully saturated rings. The quantitative estimate of drug-likeness (QED) is 0.0269. The Hall–Kier alpha value is -14.2. The van der Waals surface area contributed by atoms with Crippen LogP contribution in [-0.4, -0.2) is 199 Å². The van der Waals surface area contributed by atoms with Gasteiger partial charge in [0, 0.05) is 95.6 Å². The number of hydrogen-bond donors (Lipinski definition) is 5. The summed E-state index contributed by atoms with van der Waals surface area (Å²) in [6.45, 7) is 3.26. The Kier molecular flexibility index (Phi) is 32.3. The van der Waals surface area contributed by atoms with Gasteiger partial charge in [0.05, 0.1) is 108 Å². The van der Waals surface area contributed by atoms with Gasteiger partial charge >= 0.3 is 35.6 Å². The van der Waals surface area contributed by atoms with Crippen LogP contribution < -0.4 is 29.4 Å². The Morgan fingerprint density at radius 3 is 1.09 bits per heavy atom. The first-order valence-electron chi connectivity index (χ1n) is 46.9. The number of carbonyl (C=O) groups is 6. The van der Waals surface area contributed by atoms with Crippen LogP contribution in [0.4, 0.5) is 4.79 Å². The van der Waals surface area contributed by atoms with E-state index < -0.39 is 33.9 Å². The summed E-state index contributed by atoms with van der Waals surface area (Å²) in [5.74, 6) is -1.46. The topological polar surface area (TPSA) is 426 Å². The highest BCUT2D eigenvalue weighted by molar-refractivity contribution is 7.89. The van der Waals surface area contributed by atoms with E-state index in [1.54, 1.807) is 65.5 Å². The molecule has 5 saturated carbocycles. The monoisotopic (exact) mass is 1890 g/mol. The number of carboxylic acids is 4. The van der Waals surface area contributed by atoms with Gasteiger partial charge in [-0.15, -0.1) is 20.4 Å². The van der Waals surface area contributed by atoms with Gasteiger partial charge in [0.25, 0.3) is 0 Å². The molecule has 1 aliphatic heterocycles. The van der Waals surface area contributed by atoms with Crippen molar-refractivity contribution in [2.75, 3.05) is 20.1 Å². The number of aliphatic carboxylic acids is 4. The number of carboxylic acid groups (broad SMARTS) is 4. The number of imidazole rings is 1. The third-order valence-electron chi connectivity index (χ3n) is 26.6. The van der Waals surface area contributed by atoms with Crippen LogP contribution in [0.3, 0.4) is 0 Å². The van der Waals surface area contributed by atoms with Gasteiger partial charge in [-0.1, -0.05) is 113 Å². The van der Waals surface area contributed by atoms with Gasteiger partial charge in [0.1, 0.15) is 45.8 Å². The second-order valence-corrected chi connectivity index (χ2v) is 37.9. The number of sulfonamides is 1. The van der Waals surface area contributed by atoms with Crippen LogP contribution in [-0.2, 0) is 101 Å². The van der Waals surface area contributed by atoms with Crippen LogP contribution in [0.15, 0.2) is 210 Å². The molecule has 0 radical (unpaired) electrons. The predicted octanol–water partition coefficient (Wildman–Crippen LogP) is 13.9. The molecule has 12 aromatic rings. The standard InChI is InChI=1S/C27H31N5O4.C27H29N5O4.C24H32N4O4.C23H26N4O5S/c2*1-30-24(18-32-15-14-31(27(32)35)17-19-6-3-2-4-7-19)25(28-29-30)20-10-12-22(13-11-20)36-23-9-5-8-21(16-23)26(33)34;1-27(18-7-3-4-8-18)22(29)15-21-23(25-26-28(21)2)16-10-12-19(13-11-16)32-20-9-5-6-17(14-20)24(30)31;1-27-21(15-24-33(30,31)20-8-3-2-4-9-20)22(25-26-27)16-10-12-18(13-11-16)32-19-7-5-6-17(14-19)23(28)29/h2-4,6-7,10-13,21,23H,5,8-9,14-18H2,1H3,(H,33,34);2-4,6-7,10-15,21,23H,5,8-9,16-18H2,1H3,(H,33,34);10-13,17-18,20H,3-9,14-15H2,1-2H3,(H,30,31);2-4,8-13,17,19,24H,5-7,14-15H2,1H3,(H,28,29)/t2*21-,23-;17-,20-;17-,19-/m0000/s1. The van der Waals surface area contributed by atoms with Gasteiger partial charge in [-0.3, -0.25) is 42.5 Å². The first-order valence-corrected chi connectivity index (χ1v) is 48.4. The first-order chi connectivity index (χ1) is 66.2. The number of likely N-dealkylation sites (N-methyl/N-ethyl adjacent to an activating group) is 1. The number of aromatic nitrogens is 14. The summed E-state index contributed by atoms with van der Waals surface area (Å²) in [4.78, 5) is 89.9. The van der Waals surface area contributed by atoms with Crippen LogP contribution >= 0.6 is 0 Å². The zero-order valence-electron chi connectivity index (χ0n) is 77.7. The summed E-state index contributed by atoms with van der Waals surface area (Å²) >= 11 is 0. The minimum Gasteiger partial charge on any atom is -0.490 e. The summed E-state index contributed by atoms with van der Waals surface area (Å²) in [5, 5.41) is 71.0. The van der Waals surface area contributed by atoms with Gasteiger partial charge < -0.3 is 54.1 Å². The lowest BCUT2D eigenvalue weighted by Gasteiger charge is -2.27. The minimum atomic E-state index is -3.67. The molecule has 18 rings (SSSR count). The molecule has 0 spiro atoms. The summed E-state index contributed by atoms with van der Waals surface area (Å²) < 4.78 is 61.9. The van der Waals surface area contributed by atoms with Crippen LogP contribution in [0.1, 0.15) is 162 Å². The van der Waals surface area contributed by atoms with E-state index in [0.717, 1.165) is 127 Å². The number of nitrogens with one attached hydrogen (secondary N) is 1. The zero-order chi connectivity index (χ0) is 96.2. The third-order valence-corrected chi connectivity index (χ3v) is 28.1. The van der Waals surface area contributed by atoms with Crippen LogP contribution in [0.2, 0.25) is 0 Å². The van der Waals surface area contributed by atoms with E-state index in [-0.39, 0.29) is 83.6 Å². The lowest BCUT2D eigenvalue weighted by Crippen LogP contribution is -2.36. The molecule has 3 amide bonds. The van der Waals surface area contributed by atoms with Gasteiger partial charge in [-0.2, -0.15) is 0 Å². The first kappa shape index (κ1) is 97.4. The maximum atomic E-state index is 13.0. The lowest BCUT2D eigenvalue weighted by atomic mass is 9.87. The van der Waals surface area contributed by atoms with Crippen molar-refractivity contribution in [2.45, 2.75) is 203 Å². The molecule has 6 aliphatic rings. The molecular weight excluding hydrogens is 1770 g/mol. The van der Waals surface area contributed by atoms with Gasteiger partial charge in [-0.25, -0.2) is 32.1 Å². The number of ether oxygens (including phenoxy) is 4. The maximum absolute atomic E-state index is 13.0. The minimum absolute atomic E-state index is 0.0156. The SMILES string of the molecule is CN(C(=O)Cc1c(-c2ccc(O[C@H]3CCC[C@H](C(=O)O)C3)cc2)nnn1C)C1CCCC1.Cn1nnc(-c2ccc(O[C@H]3CCC[C@H](C(=O)O)C3)cc2)c1CN1CCN(Cc2ccccc2)C1=O.Cn1nnc(-c2ccc(O[C@H]3CCC[C@H](C(=O)O)C3)cc2)c1CNS(=O)(=O)c1ccccc1.Cn1nnc(-c2ccc(O[C@H]3CCC[C@H](C(=O)O)C3)cc2)c1Cn1ccn(Cc2ccccc2)c1=O. The highest BCUT2D eigenvalue weighted by Crippen LogP contribution is 2.37. The van der Waals surface area contributed by atoms with E-state index in [4.69, 9.17) is 18.9 Å². The number of amides is 3. The van der Waals surface area contributed by atoms with Crippen molar-refractivity contribution in [3.05, 3.63) is 245 Å². The molecule has 7 aromatic carbocycles. The van der Waals surface area contributed by atoms with Crippen molar-refractivity contribution in [1.82, 2.24) is 88.5 Å². The second kappa shape index (κ2) is 45.5. The molecule has 137 heavy (non-hydrogen) atoms. The molecule has 720 valence electrons. The smallest absolute Gasteiger partial charge is 0.328 e. The maximum Gasteiger partial charge on any atom is 0.328 e. The highest BCUT2D eigenvalue weighted by Gasteiger charge is 2.36. The molecular formula is C101H118N18O17S. The Morgan fingerprint density at radius 2 is 0.708 bits per heavy atom. The molecule has 35 nitrogen and oxygen atoms in total. The molecule has 8 atom stereocenters. The molecule has 5 aliphatic carbocycles. The molecule has 0 unspecified atom stereocenters. The molecule has 0 bridgehead atoms. The van der Waals surface area contributed by atoms with Crippen LogP contribution in [0.5, 0.6) is 23.0 Å².